The fourth-order valence-electron chi connectivity index (χ4n) is 5.00. The number of piperazine rings is 1. The van der Waals surface area contributed by atoms with Crippen molar-refractivity contribution in [3.63, 3.8) is 0 Å². The number of nitrogens with one attached hydrogen (secondary N) is 1. The van der Waals surface area contributed by atoms with E-state index in [1.807, 2.05) is 0 Å². The van der Waals surface area contributed by atoms with Crippen molar-refractivity contribution in [2.24, 2.45) is 7.05 Å². The number of pyridine rings is 1. The molecule has 2 saturated heterocycles. The number of nitrogens with zero attached hydrogens (tertiary/aromatic N) is 6. The molecule has 0 bridgehead atoms. The summed E-state index contributed by atoms with van der Waals surface area (Å²) in [6.45, 7) is 4.25. The molecule has 1 aromatic carbocycles. The van der Waals surface area contributed by atoms with Crippen LogP contribution in [0.1, 0.15) is 18.0 Å². The number of aromatic nitrogens is 3. The van der Waals surface area contributed by atoms with Gasteiger partial charge in [0.15, 0.2) is 5.82 Å². The second-order valence-electron chi connectivity index (χ2n) is 9.59. The average molecular weight is 478 g/mol. The van der Waals surface area contributed by atoms with Crippen LogP contribution in [0.15, 0.2) is 53.6 Å². The summed E-state index contributed by atoms with van der Waals surface area (Å²) in [5.41, 5.74) is 2.83. The zero-order valence-electron chi connectivity index (χ0n) is 20.5. The van der Waals surface area contributed by atoms with Crippen molar-refractivity contribution < 1.29 is 4.39 Å². The first kappa shape index (κ1) is 23.4. The highest BCUT2D eigenvalue weighted by Crippen LogP contribution is 2.27. The van der Waals surface area contributed by atoms with Gasteiger partial charge < -0.3 is 20.0 Å². The Hall–Kier alpha value is -3.30. The Balaban J connectivity index is 1.35. The van der Waals surface area contributed by atoms with Crippen LogP contribution in [0.5, 0.6) is 0 Å². The smallest absolute Gasteiger partial charge is 0.255 e. The fourth-order valence-corrected chi connectivity index (χ4v) is 5.00. The van der Waals surface area contributed by atoms with E-state index < -0.39 is 5.82 Å². The molecule has 2 fully saturated rings. The highest BCUT2D eigenvalue weighted by molar-refractivity contribution is 5.60. The summed E-state index contributed by atoms with van der Waals surface area (Å²) in [7, 11) is 6.00. The zero-order chi connectivity index (χ0) is 24.5. The van der Waals surface area contributed by atoms with Gasteiger partial charge in [-0.3, -0.25) is 14.3 Å². The number of benzene rings is 1. The Kier molecular flexibility index (Phi) is 6.53. The van der Waals surface area contributed by atoms with E-state index in [1.165, 1.54) is 34.5 Å². The number of likely N-dealkylation sites (N-methyl/N-ethyl adjacent to an activating group) is 1. The molecule has 2 atom stereocenters. The van der Waals surface area contributed by atoms with E-state index in [-0.39, 0.29) is 17.2 Å². The Morgan fingerprint density at radius 2 is 1.89 bits per heavy atom. The summed E-state index contributed by atoms with van der Waals surface area (Å²) in [4.78, 5) is 28.0. The Morgan fingerprint density at radius 3 is 2.60 bits per heavy atom. The molecule has 2 unspecified atom stereocenters. The van der Waals surface area contributed by atoms with Crippen LogP contribution in [0.2, 0.25) is 0 Å². The minimum absolute atomic E-state index is 0.101. The van der Waals surface area contributed by atoms with Crippen LogP contribution in [0.3, 0.4) is 0 Å². The lowest BCUT2D eigenvalue weighted by Crippen LogP contribution is -2.47. The Labute approximate surface area is 205 Å². The first-order chi connectivity index (χ1) is 16.9. The van der Waals surface area contributed by atoms with Gasteiger partial charge in [-0.25, -0.2) is 9.37 Å². The normalized spacial score (nSPS) is 20.6. The van der Waals surface area contributed by atoms with Crippen LogP contribution in [-0.2, 0) is 7.05 Å². The molecule has 1 N–H and O–H groups in total. The molecule has 4 heterocycles. The number of hydrogen-bond donors (Lipinski definition) is 1. The zero-order valence-corrected chi connectivity index (χ0v) is 20.5. The minimum atomic E-state index is -0.493. The molecular weight excluding hydrogens is 445 g/mol. The molecule has 5 rings (SSSR count). The SMILES string of the molecule is CN(C)C1CCN(c2ccc(C3CN(c4nc(-c5ccncc5F)cc(=O)n4C)CCN3)cc2)C1. The molecule has 2 aliphatic heterocycles. The molecule has 0 aliphatic carbocycles. The van der Waals surface area contributed by atoms with E-state index in [0.717, 1.165) is 25.8 Å². The number of rotatable bonds is 5. The van der Waals surface area contributed by atoms with Crippen LogP contribution in [-0.4, -0.2) is 72.3 Å². The van der Waals surface area contributed by atoms with Crippen molar-refractivity contribution >= 4 is 11.6 Å². The summed E-state index contributed by atoms with van der Waals surface area (Å²) >= 11 is 0. The van der Waals surface area contributed by atoms with Gasteiger partial charge in [0, 0.05) is 75.4 Å². The van der Waals surface area contributed by atoms with Gasteiger partial charge in [-0.15, -0.1) is 0 Å². The predicted molar refractivity (Wildman–Crippen MR) is 136 cm³/mol. The van der Waals surface area contributed by atoms with Gasteiger partial charge in [-0.2, -0.15) is 0 Å². The monoisotopic (exact) mass is 477 g/mol. The average Bonchev–Trinajstić information content (AvgIpc) is 3.37. The van der Waals surface area contributed by atoms with Crippen LogP contribution in [0, 0.1) is 5.82 Å². The maximum absolute atomic E-state index is 14.3. The van der Waals surface area contributed by atoms with Gasteiger partial charge in [0.2, 0.25) is 5.95 Å². The maximum Gasteiger partial charge on any atom is 0.255 e. The molecule has 9 heteroatoms. The van der Waals surface area contributed by atoms with Crippen LogP contribution >= 0.6 is 0 Å². The highest BCUT2D eigenvalue weighted by atomic mass is 19.1. The van der Waals surface area contributed by atoms with Crippen molar-refractivity contribution in [3.8, 4) is 11.3 Å². The summed E-state index contributed by atoms with van der Waals surface area (Å²) in [6, 6.07) is 12.4. The highest BCUT2D eigenvalue weighted by Gasteiger charge is 2.26. The van der Waals surface area contributed by atoms with E-state index in [4.69, 9.17) is 0 Å². The lowest BCUT2D eigenvalue weighted by Gasteiger charge is -2.35. The van der Waals surface area contributed by atoms with Gasteiger partial charge in [-0.05, 0) is 44.3 Å². The molecule has 35 heavy (non-hydrogen) atoms. The molecule has 8 nitrogen and oxygen atoms in total. The van der Waals surface area contributed by atoms with Crippen LogP contribution < -0.4 is 20.7 Å². The van der Waals surface area contributed by atoms with E-state index >= 15 is 0 Å². The summed E-state index contributed by atoms with van der Waals surface area (Å²) in [5, 5.41) is 3.59. The van der Waals surface area contributed by atoms with E-state index in [1.54, 1.807) is 13.1 Å². The predicted octanol–water partition coefficient (Wildman–Crippen LogP) is 2.27. The van der Waals surface area contributed by atoms with Crippen molar-refractivity contribution in [2.75, 3.05) is 56.6 Å². The Morgan fingerprint density at radius 1 is 1.09 bits per heavy atom. The molecule has 3 aromatic rings. The van der Waals surface area contributed by atoms with Crippen molar-refractivity contribution in [2.45, 2.75) is 18.5 Å². The van der Waals surface area contributed by atoms with E-state index in [2.05, 4.69) is 68.3 Å². The molecule has 0 amide bonds. The summed E-state index contributed by atoms with van der Waals surface area (Å²) in [6.07, 6.45) is 3.83. The fraction of sp³-hybridized carbons (Fsp3) is 0.423. The summed E-state index contributed by atoms with van der Waals surface area (Å²) < 4.78 is 15.9. The third-order valence-electron chi connectivity index (χ3n) is 7.17. The lowest BCUT2D eigenvalue weighted by molar-refractivity contribution is 0.315. The minimum Gasteiger partial charge on any atom is -0.370 e. The first-order valence-electron chi connectivity index (χ1n) is 12.1. The molecule has 0 spiro atoms. The van der Waals surface area contributed by atoms with Gasteiger partial charge in [-0.1, -0.05) is 12.1 Å². The second-order valence-corrected chi connectivity index (χ2v) is 9.59. The third kappa shape index (κ3) is 4.78. The van der Waals surface area contributed by atoms with Gasteiger partial charge in [0.25, 0.3) is 5.56 Å². The van der Waals surface area contributed by atoms with Gasteiger partial charge in [0.05, 0.1) is 11.9 Å². The molecule has 2 aliphatic rings. The standard InChI is InChI=1S/C26H32FN7O/c1-31(2)20-9-12-33(16-20)19-6-4-18(5-7-19)24-17-34(13-11-29-24)26-30-23(14-25(35)32(26)3)21-8-10-28-15-22(21)27/h4-8,10,14-15,20,24,29H,9,11-13,16-17H2,1-3H3. The molecule has 2 aromatic heterocycles. The van der Waals surface area contributed by atoms with Crippen LogP contribution in [0.4, 0.5) is 16.0 Å². The maximum atomic E-state index is 14.3. The summed E-state index contributed by atoms with van der Waals surface area (Å²) in [5.74, 6) is 0.0472. The number of anilines is 2. The number of hydrogen-bond acceptors (Lipinski definition) is 7. The van der Waals surface area contributed by atoms with Crippen molar-refractivity contribution in [3.05, 3.63) is 70.5 Å². The van der Waals surface area contributed by atoms with Gasteiger partial charge in [0.1, 0.15) is 0 Å². The molecular formula is C26H32FN7O. The Bertz CT molecular complexity index is 1240. The lowest BCUT2D eigenvalue weighted by atomic mass is 10.0. The molecule has 0 saturated carbocycles. The van der Waals surface area contributed by atoms with Crippen molar-refractivity contribution in [1.82, 2.24) is 24.8 Å². The quantitative estimate of drug-likeness (QED) is 0.605. The first-order valence-corrected chi connectivity index (χ1v) is 12.1. The molecule has 0 radical (unpaired) electrons. The number of halogens is 1. The van der Waals surface area contributed by atoms with Crippen LogP contribution in [0.25, 0.3) is 11.3 Å². The van der Waals surface area contributed by atoms with Gasteiger partial charge >= 0.3 is 0 Å². The van der Waals surface area contributed by atoms with E-state index in [9.17, 15) is 9.18 Å². The molecule has 184 valence electrons. The van der Waals surface area contributed by atoms with Crippen molar-refractivity contribution in [1.29, 1.82) is 0 Å². The third-order valence-corrected chi connectivity index (χ3v) is 7.17. The topological polar surface area (TPSA) is 69.5 Å². The van der Waals surface area contributed by atoms with E-state index in [0.29, 0.717) is 30.8 Å². The largest absolute Gasteiger partial charge is 0.370 e. The second kappa shape index (κ2) is 9.75.